The molecule has 0 spiro atoms. The normalized spacial score (nSPS) is 24.2. The van der Waals surface area contributed by atoms with Crippen molar-refractivity contribution in [3.8, 4) is 5.75 Å². The highest BCUT2D eigenvalue weighted by atomic mass is 16.5. The van der Waals surface area contributed by atoms with E-state index in [0.717, 1.165) is 17.6 Å². The van der Waals surface area contributed by atoms with Gasteiger partial charge in [0.2, 0.25) is 11.8 Å². The summed E-state index contributed by atoms with van der Waals surface area (Å²) >= 11 is 0. The molecule has 0 heterocycles. The summed E-state index contributed by atoms with van der Waals surface area (Å²) in [6.45, 7) is 2.61. The van der Waals surface area contributed by atoms with Crippen LogP contribution in [-0.4, -0.2) is 36.9 Å². The van der Waals surface area contributed by atoms with Crippen LogP contribution in [0.25, 0.3) is 0 Å². The van der Waals surface area contributed by atoms with Gasteiger partial charge in [0.15, 0.2) is 0 Å². The number of hydrogen-bond donors (Lipinski definition) is 1. The number of amides is 2. The molecule has 2 aliphatic rings. The maximum Gasteiger partial charge on any atom is 0.243 e. The smallest absolute Gasteiger partial charge is 0.243 e. The molecule has 1 aromatic rings. The Morgan fingerprint density at radius 1 is 1.20 bits per heavy atom. The SMILES string of the molecule is CCN(CC(=O)Nc1ccc(OC)cc1)C(=O)C[C@@H]1C[C@H]2CC[C@H]1C2. The molecule has 1 N–H and O–H groups in total. The lowest BCUT2D eigenvalue weighted by molar-refractivity contribution is -0.135. The van der Waals surface area contributed by atoms with Gasteiger partial charge in [-0.15, -0.1) is 0 Å². The van der Waals surface area contributed by atoms with E-state index in [1.54, 1.807) is 36.3 Å². The zero-order valence-corrected chi connectivity index (χ0v) is 15.2. The predicted molar refractivity (Wildman–Crippen MR) is 97.4 cm³/mol. The zero-order chi connectivity index (χ0) is 17.8. The van der Waals surface area contributed by atoms with Crippen molar-refractivity contribution in [3.05, 3.63) is 24.3 Å². The second-order valence-corrected chi connectivity index (χ2v) is 7.32. The van der Waals surface area contributed by atoms with Crippen molar-refractivity contribution >= 4 is 17.5 Å². The number of methoxy groups -OCH3 is 1. The van der Waals surface area contributed by atoms with Crippen molar-refractivity contribution in [2.45, 2.75) is 39.0 Å². The Bertz CT molecular complexity index is 614. The summed E-state index contributed by atoms with van der Waals surface area (Å²) in [4.78, 5) is 26.5. The standard InChI is InChI=1S/C20H28N2O3/c1-3-22(20(24)12-16-11-14-4-5-15(16)10-14)13-19(23)21-17-6-8-18(25-2)9-7-17/h6-9,14-16H,3-5,10-13H2,1-2H3,(H,21,23)/t14-,15-,16-/m0/s1. The number of carbonyl (C=O) groups excluding carboxylic acids is 2. The third-order valence-corrected chi connectivity index (χ3v) is 5.76. The van der Waals surface area contributed by atoms with E-state index in [4.69, 9.17) is 4.74 Å². The number of rotatable bonds is 7. The second-order valence-electron chi connectivity index (χ2n) is 7.32. The lowest BCUT2D eigenvalue weighted by Crippen LogP contribution is -2.39. The molecule has 136 valence electrons. The van der Waals surface area contributed by atoms with Gasteiger partial charge >= 0.3 is 0 Å². The zero-order valence-electron chi connectivity index (χ0n) is 15.2. The Morgan fingerprint density at radius 3 is 2.52 bits per heavy atom. The summed E-state index contributed by atoms with van der Waals surface area (Å²) in [6, 6.07) is 7.19. The third kappa shape index (κ3) is 4.33. The van der Waals surface area contributed by atoms with E-state index in [9.17, 15) is 9.59 Å². The first-order valence-electron chi connectivity index (χ1n) is 9.30. The minimum Gasteiger partial charge on any atom is -0.497 e. The Kier molecular flexibility index (Phi) is 5.61. The van der Waals surface area contributed by atoms with Gasteiger partial charge in [-0.05, 0) is 68.2 Å². The van der Waals surface area contributed by atoms with Crippen molar-refractivity contribution in [3.63, 3.8) is 0 Å². The molecule has 0 unspecified atom stereocenters. The van der Waals surface area contributed by atoms with Crippen LogP contribution >= 0.6 is 0 Å². The molecule has 5 nitrogen and oxygen atoms in total. The fourth-order valence-corrected chi connectivity index (χ4v) is 4.40. The van der Waals surface area contributed by atoms with Crippen molar-refractivity contribution in [1.82, 2.24) is 4.90 Å². The monoisotopic (exact) mass is 344 g/mol. The van der Waals surface area contributed by atoms with Crippen LogP contribution < -0.4 is 10.1 Å². The highest BCUT2D eigenvalue weighted by Gasteiger charge is 2.40. The molecule has 1 aromatic carbocycles. The van der Waals surface area contributed by atoms with Gasteiger partial charge in [0.1, 0.15) is 5.75 Å². The molecule has 2 fully saturated rings. The molecule has 2 bridgehead atoms. The first-order valence-corrected chi connectivity index (χ1v) is 9.30. The summed E-state index contributed by atoms with van der Waals surface area (Å²) < 4.78 is 5.11. The van der Waals surface area contributed by atoms with Crippen LogP contribution in [0.2, 0.25) is 0 Å². The fourth-order valence-electron chi connectivity index (χ4n) is 4.40. The molecule has 0 saturated heterocycles. The molecule has 5 heteroatoms. The number of anilines is 1. The van der Waals surface area contributed by atoms with E-state index in [-0.39, 0.29) is 18.4 Å². The van der Waals surface area contributed by atoms with E-state index in [2.05, 4.69) is 5.32 Å². The van der Waals surface area contributed by atoms with Crippen LogP contribution in [-0.2, 0) is 9.59 Å². The molecule has 3 atom stereocenters. The van der Waals surface area contributed by atoms with E-state index >= 15 is 0 Å². The van der Waals surface area contributed by atoms with Gasteiger partial charge in [-0.3, -0.25) is 9.59 Å². The average molecular weight is 344 g/mol. The highest BCUT2D eigenvalue weighted by Crippen LogP contribution is 2.49. The van der Waals surface area contributed by atoms with Crippen molar-refractivity contribution in [1.29, 1.82) is 0 Å². The van der Waals surface area contributed by atoms with Crippen molar-refractivity contribution in [2.75, 3.05) is 25.5 Å². The van der Waals surface area contributed by atoms with Crippen molar-refractivity contribution in [2.24, 2.45) is 17.8 Å². The average Bonchev–Trinajstić information content (AvgIpc) is 3.23. The molecule has 25 heavy (non-hydrogen) atoms. The summed E-state index contributed by atoms with van der Waals surface area (Å²) in [6.07, 6.45) is 5.74. The van der Waals surface area contributed by atoms with Crippen LogP contribution in [0.15, 0.2) is 24.3 Å². The second kappa shape index (κ2) is 7.89. The van der Waals surface area contributed by atoms with Gasteiger partial charge < -0.3 is 15.0 Å². The van der Waals surface area contributed by atoms with Crippen molar-refractivity contribution < 1.29 is 14.3 Å². The largest absolute Gasteiger partial charge is 0.497 e. The lowest BCUT2D eigenvalue weighted by atomic mass is 9.86. The Morgan fingerprint density at radius 2 is 1.96 bits per heavy atom. The van der Waals surface area contributed by atoms with Gasteiger partial charge in [0, 0.05) is 18.7 Å². The molecular formula is C20H28N2O3. The van der Waals surface area contributed by atoms with Crippen LogP contribution in [0, 0.1) is 17.8 Å². The number of hydrogen-bond acceptors (Lipinski definition) is 3. The molecule has 0 aromatic heterocycles. The lowest BCUT2D eigenvalue weighted by Gasteiger charge is -2.26. The predicted octanol–water partition coefficient (Wildman–Crippen LogP) is 3.31. The van der Waals surface area contributed by atoms with Gasteiger partial charge in [0.25, 0.3) is 0 Å². The minimum absolute atomic E-state index is 0.113. The third-order valence-electron chi connectivity index (χ3n) is 5.76. The Labute approximate surface area is 149 Å². The van der Waals surface area contributed by atoms with E-state index in [1.165, 1.54) is 25.7 Å². The number of carbonyl (C=O) groups is 2. The first kappa shape index (κ1) is 17.8. The van der Waals surface area contributed by atoms with Gasteiger partial charge in [-0.1, -0.05) is 6.42 Å². The summed E-state index contributed by atoms with van der Waals surface area (Å²) in [7, 11) is 1.61. The summed E-state index contributed by atoms with van der Waals surface area (Å²) in [5, 5.41) is 2.85. The molecular weight excluding hydrogens is 316 g/mol. The van der Waals surface area contributed by atoms with Crippen LogP contribution in [0.4, 0.5) is 5.69 Å². The van der Waals surface area contributed by atoms with Gasteiger partial charge in [0.05, 0.1) is 13.7 Å². The maximum atomic E-state index is 12.6. The van der Waals surface area contributed by atoms with Gasteiger partial charge in [-0.25, -0.2) is 0 Å². The molecule has 0 radical (unpaired) electrons. The van der Waals surface area contributed by atoms with Crippen LogP contribution in [0.5, 0.6) is 5.75 Å². The highest BCUT2D eigenvalue weighted by molar-refractivity contribution is 5.94. The quantitative estimate of drug-likeness (QED) is 0.825. The molecule has 2 saturated carbocycles. The summed E-state index contributed by atoms with van der Waals surface area (Å²) in [5.74, 6) is 2.81. The number of fused-ring (bicyclic) bond motifs is 2. The summed E-state index contributed by atoms with van der Waals surface area (Å²) in [5.41, 5.74) is 0.711. The van der Waals surface area contributed by atoms with Crippen LogP contribution in [0.3, 0.4) is 0 Å². The Hall–Kier alpha value is -2.04. The topological polar surface area (TPSA) is 58.6 Å². The number of nitrogens with zero attached hydrogens (tertiary/aromatic N) is 1. The number of likely N-dealkylation sites (N-methyl/N-ethyl adjacent to an activating group) is 1. The minimum atomic E-state index is -0.159. The van der Waals surface area contributed by atoms with E-state index in [0.29, 0.717) is 24.6 Å². The first-order chi connectivity index (χ1) is 12.1. The van der Waals surface area contributed by atoms with E-state index < -0.39 is 0 Å². The number of ether oxygens (including phenoxy) is 1. The molecule has 2 amide bonds. The number of benzene rings is 1. The maximum absolute atomic E-state index is 12.6. The Balaban J connectivity index is 1.50. The van der Waals surface area contributed by atoms with Gasteiger partial charge in [-0.2, -0.15) is 0 Å². The molecule has 3 rings (SSSR count). The number of nitrogens with one attached hydrogen (secondary N) is 1. The van der Waals surface area contributed by atoms with Crippen LogP contribution in [0.1, 0.15) is 39.0 Å². The fraction of sp³-hybridized carbons (Fsp3) is 0.600. The molecule has 2 aliphatic carbocycles. The van der Waals surface area contributed by atoms with E-state index in [1.807, 2.05) is 6.92 Å². The molecule has 0 aliphatic heterocycles.